The first-order valence-corrected chi connectivity index (χ1v) is 7.12. The molecule has 2 atom stereocenters. The van der Waals surface area contributed by atoms with Crippen LogP contribution in [0.2, 0.25) is 0 Å². The summed E-state index contributed by atoms with van der Waals surface area (Å²) in [4.78, 5) is 4.38. The Labute approximate surface area is 108 Å². The highest BCUT2D eigenvalue weighted by Crippen LogP contribution is 2.37. The van der Waals surface area contributed by atoms with Crippen LogP contribution < -0.4 is 10.6 Å². The van der Waals surface area contributed by atoms with Gasteiger partial charge in [-0.2, -0.15) is 0 Å². The number of nitrogens with one attached hydrogen (secondary N) is 2. The van der Waals surface area contributed by atoms with Crippen LogP contribution in [0, 0.1) is 0 Å². The minimum Gasteiger partial charge on any atom is -0.354 e. The van der Waals surface area contributed by atoms with Gasteiger partial charge >= 0.3 is 0 Å². The summed E-state index contributed by atoms with van der Waals surface area (Å²) in [5.41, 5.74) is 0. The molecule has 2 unspecified atom stereocenters. The van der Waals surface area contributed by atoms with Gasteiger partial charge in [-0.25, -0.2) is 0 Å². The van der Waals surface area contributed by atoms with Crippen LogP contribution in [0.5, 0.6) is 0 Å². The average Bonchev–Trinajstić information content (AvgIpc) is 2.96. The van der Waals surface area contributed by atoms with E-state index >= 15 is 0 Å². The maximum absolute atomic E-state index is 6.11. The molecule has 1 spiro atoms. The van der Waals surface area contributed by atoms with Crippen molar-refractivity contribution in [3.8, 4) is 0 Å². The highest BCUT2D eigenvalue weighted by Gasteiger charge is 2.42. The van der Waals surface area contributed by atoms with Gasteiger partial charge in [0.05, 0.1) is 13.2 Å². The standard InChI is InChI=1S/C13H23N3O2/c1-10-7-14-12(16-10)15-8-11-9-17-13(18-11)5-3-2-4-6-13/h10-11H,2-9H2,1H3,(H2,14,15,16). The average molecular weight is 253 g/mol. The lowest BCUT2D eigenvalue weighted by atomic mass is 9.94. The van der Waals surface area contributed by atoms with E-state index in [1.807, 2.05) is 0 Å². The van der Waals surface area contributed by atoms with Crippen molar-refractivity contribution in [1.29, 1.82) is 0 Å². The number of hydrogen-bond donors (Lipinski definition) is 2. The van der Waals surface area contributed by atoms with E-state index < -0.39 is 0 Å². The van der Waals surface area contributed by atoms with Crippen molar-refractivity contribution in [1.82, 2.24) is 10.6 Å². The van der Waals surface area contributed by atoms with Gasteiger partial charge in [0.15, 0.2) is 11.7 Å². The molecular formula is C13H23N3O2. The fraction of sp³-hybridized carbons (Fsp3) is 0.923. The Balaban J connectivity index is 1.45. The maximum atomic E-state index is 6.11. The van der Waals surface area contributed by atoms with Gasteiger partial charge < -0.3 is 20.1 Å². The lowest BCUT2D eigenvalue weighted by Gasteiger charge is -2.31. The molecule has 3 aliphatic rings. The molecular weight excluding hydrogens is 230 g/mol. The topological polar surface area (TPSA) is 54.9 Å². The van der Waals surface area contributed by atoms with Crippen molar-refractivity contribution in [2.24, 2.45) is 4.99 Å². The number of guanidine groups is 1. The molecule has 2 N–H and O–H groups in total. The Bertz CT molecular complexity index is 326. The quantitative estimate of drug-likeness (QED) is 0.771. The molecule has 1 aliphatic carbocycles. The van der Waals surface area contributed by atoms with Gasteiger partial charge in [-0.15, -0.1) is 0 Å². The molecule has 3 rings (SSSR count). The Hall–Kier alpha value is -0.810. The van der Waals surface area contributed by atoms with E-state index in [1.54, 1.807) is 0 Å². The molecule has 0 amide bonds. The second kappa shape index (κ2) is 5.05. The monoisotopic (exact) mass is 253 g/mol. The number of ether oxygens (including phenoxy) is 2. The Morgan fingerprint density at radius 2 is 2.22 bits per heavy atom. The first-order valence-electron chi connectivity index (χ1n) is 7.12. The smallest absolute Gasteiger partial charge is 0.191 e. The van der Waals surface area contributed by atoms with Gasteiger partial charge in [-0.3, -0.25) is 4.99 Å². The Kier molecular flexibility index (Phi) is 3.43. The molecule has 0 aromatic carbocycles. The Morgan fingerprint density at radius 3 is 2.94 bits per heavy atom. The van der Waals surface area contributed by atoms with Crippen LogP contribution in [0.1, 0.15) is 39.0 Å². The van der Waals surface area contributed by atoms with Crippen molar-refractivity contribution in [2.45, 2.75) is 57.0 Å². The van der Waals surface area contributed by atoms with Gasteiger partial charge in [-0.05, 0) is 19.8 Å². The minimum atomic E-state index is -0.261. The van der Waals surface area contributed by atoms with Crippen molar-refractivity contribution in [3.05, 3.63) is 0 Å². The third kappa shape index (κ3) is 2.62. The zero-order valence-electron chi connectivity index (χ0n) is 11.1. The van der Waals surface area contributed by atoms with Crippen LogP contribution in [0.3, 0.4) is 0 Å². The van der Waals surface area contributed by atoms with Crippen LogP contribution in [0.4, 0.5) is 0 Å². The summed E-state index contributed by atoms with van der Waals surface area (Å²) in [5.74, 6) is 0.638. The van der Waals surface area contributed by atoms with Crippen molar-refractivity contribution in [3.63, 3.8) is 0 Å². The van der Waals surface area contributed by atoms with Gasteiger partial charge in [0, 0.05) is 25.4 Å². The zero-order valence-corrected chi connectivity index (χ0v) is 11.1. The molecule has 0 aromatic rings. The second-order valence-electron chi connectivity index (χ2n) is 5.64. The zero-order chi connectivity index (χ0) is 12.4. The van der Waals surface area contributed by atoms with Crippen LogP contribution in [-0.4, -0.2) is 43.6 Å². The first-order chi connectivity index (χ1) is 8.76. The normalized spacial score (nSPS) is 34.4. The number of nitrogens with zero attached hydrogens (tertiary/aromatic N) is 1. The molecule has 18 heavy (non-hydrogen) atoms. The van der Waals surface area contributed by atoms with Crippen molar-refractivity contribution < 1.29 is 9.47 Å². The molecule has 1 saturated heterocycles. The second-order valence-corrected chi connectivity index (χ2v) is 5.64. The van der Waals surface area contributed by atoms with Crippen molar-refractivity contribution >= 4 is 5.96 Å². The third-order valence-corrected chi connectivity index (χ3v) is 3.93. The SMILES string of the molecule is CC1CN=C(NCC2COC3(CCCCC3)O2)N1. The van der Waals surface area contributed by atoms with E-state index in [2.05, 4.69) is 22.5 Å². The highest BCUT2D eigenvalue weighted by molar-refractivity contribution is 5.81. The molecule has 102 valence electrons. The summed E-state index contributed by atoms with van der Waals surface area (Å²) in [5, 5.41) is 6.60. The lowest BCUT2D eigenvalue weighted by Crippen LogP contribution is -2.42. The molecule has 5 heteroatoms. The molecule has 2 heterocycles. The summed E-state index contributed by atoms with van der Waals surface area (Å²) in [6.45, 7) is 4.47. The number of hydrogen-bond acceptors (Lipinski definition) is 5. The van der Waals surface area contributed by atoms with E-state index in [1.165, 1.54) is 19.3 Å². The maximum Gasteiger partial charge on any atom is 0.191 e. The fourth-order valence-electron chi connectivity index (χ4n) is 2.94. The predicted octanol–water partition coefficient (Wildman–Crippen LogP) is 0.999. The number of aliphatic imine (C=N–C) groups is 1. The largest absolute Gasteiger partial charge is 0.354 e. The third-order valence-electron chi connectivity index (χ3n) is 3.93. The molecule has 2 aliphatic heterocycles. The number of rotatable bonds is 2. The molecule has 1 saturated carbocycles. The van der Waals surface area contributed by atoms with E-state index in [9.17, 15) is 0 Å². The summed E-state index contributed by atoms with van der Waals surface area (Å²) in [6, 6.07) is 0.443. The first kappa shape index (κ1) is 12.2. The molecule has 0 bridgehead atoms. The van der Waals surface area contributed by atoms with Gasteiger partial charge in [0.2, 0.25) is 0 Å². The Morgan fingerprint density at radius 1 is 1.39 bits per heavy atom. The molecule has 0 radical (unpaired) electrons. The molecule has 5 nitrogen and oxygen atoms in total. The van der Waals surface area contributed by atoms with Crippen LogP contribution in [0.25, 0.3) is 0 Å². The van der Waals surface area contributed by atoms with Crippen LogP contribution in [0.15, 0.2) is 4.99 Å². The van der Waals surface area contributed by atoms with E-state index in [0.29, 0.717) is 12.6 Å². The summed E-state index contributed by atoms with van der Waals surface area (Å²) >= 11 is 0. The van der Waals surface area contributed by atoms with Crippen LogP contribution >= 0.6 is 0 Å². The summed E-state index contributed by atoms with van der Waals surface area (Å²) in [7, 11) is 0. The highest BCUT2D eigenvalue weighted by atomic mass is 16.7. The predicted molar refractivity (Wildman–Crippen MR) is 69.5 cm³/mol. The molecule has 2 fully saturated rings. The van der Waals surface area contributed by atoms with E-state index in [0.717, 1.165) is 31.9 Å². The fourth-order valence-corrected chi connectivity index (χ4v) is 2.94. The summed E-state index contributed by atoms with van der Waals surface area (Å²) < 4.78 is 12.0. The molecule has 0 aromatic heterocycles. The summed E-state index contributed by atoms with van der Waals surface area (Å²) in [6.07, 6.45) is 6.04. The van der Waals surface area contributed by atoms with Gasteiger partial charge in [0.1, 0.15) is 6.10 Å². The van der Waals surface area contributed by atoms with Crippen LogP contribution in [-0.2, 0) is 9.47 Å². The minimum absolute atomic E-state index is 0.156. The van der Waals surface area contributed by atoms with Gasteiger partial charge in [-0.1, -0.05) is 6.42 Å². The van der Waals surface area contributed by atoms with E-state index in [-0.39, 0.29) is 11.9 Å². The lowest BCUT2D eigenvalue weighted by molar-refractivity contribution is -0.186. The van der Waals surface area contributed by atoms with Crippen molar-refractivity contribution in [2.75, 3.05) is 19.7 Å². The van der Waals surface area contributed by atoms with E-state index in [4.69, 9.17) is 9.47 Å². The van der Waals surface area contributed by atoms with Gasteiger partial charge in [0.25, 0.3) is 0 Å².